The fourth-order valence-electron chi connectivity index (χ4n) is 2.22. The number of carbonyl (C=O) groups is 2. The van der Waals surface area contributed by atoms with Gasteiger partial charge < -0.3 is 15.6 Å². The first-order chi connectivity index (χ1) is 11.1. The van der Waals surface area contributed by atoms with Crippen molar-refractivity contribution in [2.75, 3.05) is 5.32 Å². The maximum absolute atomic E-state index is 12.9. The van der Waals surface area contributed by atoms with E-state index in [4.69, 9.17) is 5.73 Å². The Bertz CT molecular complexity index is 794. The monoisotopic (exact) mass is 339 g/mol. The van der Waals surface area contributed by atoms with Gasteiger partial charge in [-0.3, -0.25) is 9.59 Å². The van der Waals surface area contributed by atoms with Crippen LogP contribution >= 0.6 is 0 Å². The van der Waals surface area contributed by atoms with Crippen LogP contribution in [0.25, 0.3) is 0 Å². The second-order valence-corrected chi connectivity index (χ2v) is 5.36. The van der Waals surface area contributed by atoms with E-state index in [-0.39, 0.29) is 29.3 Å². The van der Waals surface area contributed by atoms with E-state index in [1.807, 2.05) is 0 Å². The summed E-state index contributed by atoms with van der Waals surface area (Å²) < 4.78 is 40.2. The lowest BCUT2D eigenvalue weighted by Gasteiger charge is -2.12. The summed E-state index contributed by atoms with van der Waals surface area (Å²) in [5, 5.41) is 2.41. The lowest BCUT2D eigenvalue weighted by molar-refractivity contribution is -0.137. The molecule has 5 nitrogen and oxygen atoms in total. The first kappa shape index (κ1) is 17.7. The summed E-state index contributed by atoms with van der Waals surface area (Å²) >= 11 is 0. The first-order valence-electron chi connectivity index (χ1n) is 7.01. The average molecular weight is 339 g/mol. The lowest BCUT2D eigenvalue weighted by atomic mass is 10.1. The molecule has 0 aliphatic carbocycles. The van der Waals surface area contributed by atoms with Crippen LogP contribution in [0.4, 0.5) is 18.9 Å². The number of alkyl halides is 3. The van der Waals surface area contributed by atoms with Crippen molar-refractivity contribution in [2.45, 2.75) is 19.6 Å². The molecule has 0 spiro atoms. The number of ketones is 1. The zero-order valence-corrected chi connectivity index (χ0v) is 13.1. The molecular formula is C16H16F3N3O2. The Balaban J connectivity index is 2.33. The molecule has 128 valence electrons. The molecule has 0 saturated heterocycles. The van der Waals surface area contributed by atoms with Gasteiger partial charge in [-0.05, 0) is 36.8 Å². The molecule has 1 amide bonds. The van der Waals surface area contributed by atoms with Gasteiger partial charge in [0.1, 0.15) is 5.69 Å². The van der Waals surface area contributed by atoms with E-state index < -0.39 is 17.6 Å². The smallest absolute Gasteiger partial charge is 0.346 e. The number of amides is 1. The molecule has 0 radical (unpaired) electrons. The van der Waals surface area contributed by atoms with Crippen molar-refractivity contribution in [2.24, 2.45) is 12.8 Å². The van der Waals surface area contributed by atoms with E-state index in [9.17, 15) is 22.8 Å². The number of halogens is 3. The first-order valence-corrected chi connectivity index (χ1v) is 7.01. The van der Waals surface area contributed by atoms with Gasteiger partial charge in [-0.15, -0.1) is 0 Å². The molecule has 0 atom stereocenters. The number of nitrogens with zero attached hydrogens (tertiary/aromatic N) is 1. The Kier molecular flexibility index (Phi) is 4.79. The third kappa shape index (κ3) is 3.83. The summed E-state index contributed by atoms with van der Waals surface area (Å²) in [6.45, 7) is 1.27. The van der Waals surface area contributed by atoms with E-state index in [2.05, 4.69) is 5.32 Å². The molecule has 0 unspecified atom stereocenters. The standard InChI is InChI=1S/C16H16F3N3O2/c1-9(23)11-5-14(22(2)8-11)15(24)21-13-4-10(7-20)3-12(6-13)16(17,18)19/h3-6,8H,7,20H2,1-2H3,(H,21,24). The third-order valence-corrected chi connectivity index (χ3v) is 3.46. The molecule has 0 bridgehead atoms. The number of benzene rings is 1. The Morgan fingerprint density at radius 3 is 2.38 bits per heavy atom. The molecular weight excluding hydrogens is 323 g/mol. The largest absolute Gasteiger partial charge is 0.416 e. The molecule has 0 saturated carbocycles. The number of hydrogen-bond acceptors (Lipinski definition) is 3. The molecule has 8 heteroatoms. The van der Waals surface area contributed by atoms with Crippen LogP contribution in [0.5, 0.6) is 0 Å². The second-order valence-electron chi connectivity index (χ2n) is 5.36. The van der Waals surface area contributed by atoms with Gasteiger partial charge in [0.25, 0.3) is 5.91 Å². The van der Waals surface area contributed by atoms with Crippen LogP contribution in [0.15, 0.2) is 30.5 Å². The predicted molar refractivity (Wildman–Crippen MR) is 82.7 cm³/mol. The van der Waals surface area contributed by atoms with Crippen molar-refractivity contribution in [1.82, 2.24) is 4.57 Å². The minimum atomic E-state index is -4.54. The highest BCUT2D eigenvalue weighted by atomic mass is 19.4. The molecule has 0 aliphatic heterocycles. The highest BCUT2D eigenvalue weighted by molar-refractivity contribution is 6.05. The number of aryl methyl sites for hydroxylation is 1. The normalized spacial score (nSPS) is 11.4. The average Bonchev–Trinajstić information content (AvgIpc) is 2.88. The maximum Gasteiger partial charge on any atom is 0.416 e. The van der Waals surface area contributed by atoms with Crippen molar-refractivity contribution < 1.29 is 22.8 Å². The number of hydrogen-bond donors (Lipinski definition) is 2. The van der Waals surface area contributed by atoms with Crippen LogP contribution in [-0.2, 0) is 19.8 Å². The van der Waals surface area contributed by atoms with Crippen molar-refractivity contribution >= 4 is 17.4 Å². The van der Waals surface area contributed by atoms with Gasteiger partial charge in [-0.1, -0.05) is 0 Å². The summed E-state index contributed by atoms with van der Waals surface area (Å²) in [5.41, 5.74) is 5.26. The summed E-state index contributed by atoms with van der Waals surface area (Å²) in [4.78, 5) is 23.6. The molecule has 1 aromatic heterocycles. The van der Waals surface area contributed by atoms with Gasteiger partial charge in [0.15, 0.2) is 5.78 Å². The zero-order chi connectivity index (χ0) is 18.1. The van der Waals surface area contributed by atoms with E-state index in [0.717, 1.165) is 12.1 Å². The molecule has 1 heterocycles. The molecule has 0 fully saturated rings. The van der Waals surface area contributed by atoms with Crippen LogP contribution in [0.3, 0.4) is 0 Å². The summed E-state index contributed by atoms with van der Waals surface area (Å²) in [7, 11) is 1.57. The SMILES string of the molecule is CC(=O)c1cc(C(=O)Nc2cc(CN)cc(C(F)(F)F)c2)n(C)c1. The van der Waals surface area contributed by atoms with Crippen molar-refractivity contribution in [1.29, 1.82) is 0 Å². The van der Waals surface area contributed by atoms with Crippen molar-refractivity contribution in [3.63, 3.8) is 0 Å². The number of nitrogens with one attached hydrogen (secondary N) is 1. The third-order valence-electron chi connectivity index (χ3n) is 3.46. The van der Waals surface area contributed by atoms with Crippen LogP contribution in [-0.4, -0.2) is 16.3 Å². The van der Waals surface area contributed by atoms with Gasteiger partial charge in [0.05, 0.1) is 5.56 Å². The fraction of sp³-hybridized carbons (Fsp3) is 0.250. The lowest BCUT2D eigenvalue weighted by Crippen LogP contribution is -2.16. The highest BCUT2D eigenvalue weighted by Crippen LogP contribution is 2.32. The van der Waals surface area contributed by atoms with Gasteiger partial charge >= 0.3 is 6.18 Å². The Morgan fingerprint density at radius 1 is 1.21 bits per heavy atom. The van der Waals surface area contributed by atoms with E-state index in [1.165, 1.54) is 29.8 Å². The van der Waals surface area contributed by atoms with Gasteiger partial charge in [-0.25, -0.2) is 0 Å². The molecule has 1 aromatic carbocycles. The molecule has 3 N–H and O–H groups in total. The van der Waals surface area contributed by atoms with E-state index in [1.54, 1.807) is 7.05 Å². The quantitative estimate of drug-likeness (QED) is 0.841. The number of nitrogens with two attached hydrogens (primary N) is 1. The number of carbonyl (C=O) groups excluding carboxylic acids is 2. The maximum atomic E-state index is 12.9. The van der Waals surface area contributed by atoms with Crippen LogP contribution in [0, 0.1) is 0 Å². The van der Waals surface area contributed by atoms with Crippen LogP contribution in [0.1, 0.15) is 38.9 Å². The number of anilines is 1. The zero-order valence-electron chi connectivity index (χ0n) is 13.1. The molecule has 2 rings (SSSR count). The number of Topliss-reactive ketones (excluding diaryl/α,β-unsaturated/α-hetero) is 1. The Labute approximate surface area is 136 Å². The highest BCUT2D eigenvalue weighted by Gasteiger charge is 2.31. The van der Waals surface area contributed by atoms with E-state index >= 15 is 0 Å². The summed E-state index contributed by atoms with van der Waals surface area (Å²) in [6, 6.07) is 4.54. The van der Waals surface area contributed by atoms with Crippen LogP contribution < -0.4 is 11.1 Å². The Hall–Kier alpha value is -2.61. The fourth-order valence-corrected chi connectivity index (χ4v) is 2.22. The summed E-state index contributed by atoms with van der Waals surface area (Å²) in [6.07, 6.45) is -3.06. The Morgan fingerprint density at radius 2 is 1.88 bits per heavy atom. The van der Waals surface area contributed by atoms with Gasteiger partial charge in [0.2, 0.25) is 0 Å². The second kappa shape index (κ2) is 6.48. The van der Waals surface area contributed by atoms with Gasteiger partial charge in [0, 0.05) is 31.0 Å². The van der Waals surface area contributed by atoms with E-state index in [0.29, 0.717) is 5.56 Å². The topological polar surface area (TPSA) is 77.1 Å². The molecule has 2 aromatic rings. The number of aromatic nitrogens is 1. The van der Waals surface area contributed by atoms with Crippen molar-refractivity contribution in [3.05, 3.63) is 52.8 Å². The molecule has 0 aliphatic rings. The summed E-state index contributed by atoms with van der Waals surface area (Å²) in [5.74, 6) is -0.832. The molecule has 24 heavy (non-hydrogen) atoms. The predicted octanol–water partition coefficient (Wildman–Crippen LogP) is 2.96. The van der Waals surface area contributed by atoms with Crippen molar-refractivity contribution in [3.8, 4) is 0 Å². The number of rotatable bonds is 4. The minimum absolute atomic E-state index is 0.0131. The van der Waals surface area contributed by atoms with Gasteiger partial charge in [-0.2, -0.15) is 13.2 Å². The van der Waals surface area contributed by atoms with Crippen LogP contribution in [0.2, 0.25) is 0 Å². The minimum Gasteiger partial charge on any atom is -0.346 e.